The fourth-order valence-corrected chi connectivity index (χ4v) is 4.88. The first-order valence-electron chi connectivity index (χ1n) is 11.2. The van der Waals surface area contributed by atoms with E-state index in [9.17, 15) is 4.79 Å². The first kappa shape index (κ1) is 21.0. The lowest BCUT2D eigenvalue weighted by molar-refractivity contribution is 0.0546. The molecule has 1 aliphatic heterocycles. The molecule has 1 saturated heterocycles. The lowest BCUT2D eigenvalue weighted by Gasteiger charge is -2.40. The molecule has 3 heterocycles. The van der Waals surface area contributed by atoms with Crippen molar-refractivity contribution in [2.45, 2.75) is 38.6 Å². The third-order valence-electron chi connectivity index (χ3n) is 6.80. The molecule has 0 unspecified atom stereocenters. The zero-order chi connectivity index (χ0) is 22.1. The first-order chi connectivity index (χ1) is 15.5. The summed E-state index contributed by atoms with van der Waals surface area (Å²) < 4.78 is 0. The maximum atomic E-state index is 13.9. The molecule has 2 aliphatic rings. The number of pyridine rings is 2. The smallest absolute Gasteiger partial charge is 0.254 e. The number of aryl methyl sites for hydroxylation is 1. The average Bonchev–Trinajstić information content (AvgIpc) is 3.57. The molecular weight excluding hydrogens is 420 g/mol. The molecule has 1 aliphatic carbocycles. The van der Waals surface area contributed by atoms with Crippen molar-refractivity contribution in [1.29, 1.82) is 0 Å². The minimum absolute atomic E-state index is 0.0840. The van der Waals surface area contributed by atoms with Crippen LogP contribution in [0.5, 0.6) is 0 Å². The van der Waals surface area contributed by atoms with Crippen LogP contribution in [0, 0.1) is 12.3 Å². The molecule has 2 fully saturated rings. The van der Waals surface area contributed by atoms with E-state index < -0.39 is 0 Å². The number of carbonyl (C=O) groups excluding carboxylic acids is 1. The highest BCUT2D eigenvalue weighted by Crippen LogP contribution is 2.55. The molecule has 5 rings (SSSR count). The number of nitrogens with one attached hydrogen (secondary N) is 1. The number of halogens is 1. The van der Waals surface area contributed by atoms with Gasteiger partial charge in [0.2, 0.25) is 0 Å². The molecular formula is C26H27ClN4O. The van der Waals surface area contributed by atoms with Gasteiger partial charge in [0.05, 0.1) is 10.7 Å². The van der Waals surface area contributed by atoms with E-state index in [0.29, 0.717) is 17.0 Å². The lowest BCUT2D eigenvalue weighted by atomic mass is 9.87. The van der Waals surface area contributed by atoms with Crippen molar-refractivity contribution < 1.29 is 4.79 Å². The molecule has 3 aromatic rings. The van der Waals surface area contributed by atoms with Gasteiger partial charge in [-0.25, -0.2) is 4.98 Å². The number of likely N-dealkylation sites (tertiary alicyclic amines) is 1. The monoisotopic (exact) mass is 446 g/mol. The van der Waals surface area contributed by atoms with Crippen molar-refractivity contribution >= 4 is 23.3 Å². The number of aromatic nitrogens is 2. The molecule has 0 bridgehead atoms. The molecule has 1 aromatic carbocycles. The van der Waals surface area contributed by atoms with E-state index in [0.717, 1.165) is 47.6 Å². The van der Waals surface area contributed by atoms with Crippen LogP contribution in [0.15, 0.2) is 60.9 Å². The van der Waals surface area contributed by atoms with Gasteiger partial charge in [-0.2, -0.15) is 0 Å². The SMILES string of the molecule is Cc1ccc(-c2ccccn2)c(C(=O)N2CCC3(CC3)C[C@H]2CNc2ccc(Cl)cn2)c1. The van der Waals surface area contributed by atoms with Gasteiger partial charge in [-0.1, -0.05) is 35.4 Å². The molecule has 164 valence electrons. The van der Waals surface area contributed by atoms with E-state index in [-0.39, 0.29) is 11.9 Å². The van der Waals surface area contributed by atoms with Gasteiger partial charge in [0.25, 0.3) is 5.91 Å². The summed E-state index contributed by atoms with van der Waals surface area (Å²) in [6, 6.07) is 15.7. The lowest BCUT2D eigenvalue weighted by Crippen LogP contribution is -2.50. The van der Waals surface area contributed by atoms with Crippen molar-refractivity contribution in [1.82, 2.24) is 14.9 Å². The molecule has 0 radical (unpaired) electrons. The third-order valence-corrected chi connectivity index (χ3v) is 7.03. The molecule has 1 saturated carbocycles. The molecule has 6 heteroatoms. The van der Waals surface area contributed by atoms with Crippen LogP contribution >= 0.6 is 11.6 Å². The Labute approximate surface area is 193 Å². The predicted octanol–water partition coefficient (Wildman–Crippen LogP) is 5.60. The third kappa shape index (κ3) is 4.35. The summed E-state index contributed by atoms with van der Waals surface area (Å²) in [6.07, 6.45) is 8.07. The van der Waals surface area contributed by atoms with Gasteiger partial charge in [0.1, 0.15) is 5.82 Å². The van der Waals surface area contributed by atoms with E-state index in [1.165, 1.54) is 12.8 Å². The van der Waals surface area contributed by atoms with E-state index in [2.05, 4.69) is 20.2 Å². The topological polar surface area (TPSA) is 58.1 Å². The number of carbonyl (C=O) groups is 1. The molecule has 1 spiro atoms. The summed E-state index contributed by atoms with van der Waals surface area (Å²) in [5.41, 5.74) is 3.94. The van der Waals surface area contributed by atoms with Crippen LogP contribution in [-0.4, -0.2) is 39.9 Å². The summed E-state index contributed by atoms with van der Waals surface area (Å²) in [5, 5.41) is 4.04. The molecule has 1 N–H and O–H groups in total. The Morgan fingerprint density at radius 1 is 1.16 bits per heavy atom. The summed E-state index contributed by atoms with van der Waals surface area (Å²) in [5.74, 6) is 0.864. The molecule has 32 heavy (non-hydrogen) atoms. The van der Waals surface area contributed by atoms with Crippen LogP contribution in [0.3, 0.4) is 0 Å². The van der Waals surface area contributed by atoms with E-state index in [4.69, 9.17) is 11.6 Å². The molecule has 1 amide bonds. The standard InChI is InChI=1S/C26H27ClN4O/c1-18-5-7-21(23-4-2-3-12-28-23)22(14-18)25(32)31-13-11-26(9-10-26)15-20(31)17-30-24-8-6-19(27)16-29-24/h2-8,12,14,16,20H,9-11,13,15,17H2,1H3,(H,29,30)/t20-/m0/s1. The summed E-state index contributed by atoms with van der Waals surface area (Å²) in [4.78, 5) is 24.8. The van der Waals surface area contributed by atoms with Crippen molar-refractivity contribution in [2.75, 3.05) is 18.4 Å². The maximum absolute atomic E-state index is 13.9. The van der Waals surface area contributed by atoms with Crippen LogP contribution in [0.1, 0.15) is 41.6 Å². The van der Waals surface area contributed by atoms with E-state index in [1.54, 1.807) is 12.4 Å². The Morgan fingerprint density at radius 2 is 2.03 bits per heavy atom. The Bertz CT molecular complexity index is 1110. The number of rotatable bonds is 5. The number of hydrogen-bond acceptors (Lipinski definition) is 4. The maximum Gasteiger partial charge on any atom is 0.254 e. The number of anilines is 1. The van der Waals surface area contributed by atoms with Gasteiger partial charge < -0.3 is 10.2 Å². The van der Waals surface area contributed by atoms with Crippen LogP contribution in [0.2, 0.25) is 5.02 Å². The van der Waals surface area contributed by atoms with E-state index in [1.807, 2.05) is 55.5 Å². The fourth-order valence-electron chi connectivity index (χ4n) is 4.77. The van der Waals surface area contributed by atoms with Gasteiger partial charge in [0.15, 0.2) is 0 Å². The van der Waals surface area contributed by atoms with Gasteiger partial charge in [0, 0.05) is 42.7 Å². The first-order valence-corrected chi connectivity index (χ1v) is 11.6. The van der Waals surface area contributed by atoms with Crippen LogP contribution in [0.25, 0.3) is 11.3 Å². The summed E-state index contributed by atoms with van der Waals surface area (Å²) in [7, 11) is 0. The predicted molar refractivity (Wildman–Crippen MR) is 128 cm³/mol. The second kappa shape index (κ2) is 8.55. The largest absolute Gasteiger partial charge is 0.368 e. The van der Waals surface area contributed by atoms with Crippen molar-refractivity contribution in [3.8, 4) is 11.3 Å². The average molecular weight is 447 g/mol. The Balaban J connectivity index is 1.42. The van der Waals surface area contributed by atoms with Crippen LogP contribution in [0.4, 0.5) is 5.82 Å². The van der Waals surface area contributed by atoms with Crippen molar-refractivity contribution in [3.05, 3.63) is 77.1 Å². The highest BCUT2D eigenvalue weighted by Gasteiger charge is 2.49. The minimum atomic E-state index is 0.0840. The molecule has 2 aromatic heterocycles. The fraction of sp³-hybridized carbons (Fsp3) is 0.346. The number of benzene rings is 1. The highest BCUT2D eigenvalue weighted by molar-refractivity contribution is 6.30. The van der Waals surface area contributed by atoms with Gasteiger partial charge in [-0.15, -0.1) is 0 Å². The molecule has 5 nitrogen and oxygen atoms in total. The van der Waals surface area contributed by atoms with Crippen molar-refractivity contribution in [3.63, 3.8) is 0 Å². The zero-order valence-electron chi connectivity index (χ0n) is 18.2. The van der Waals surface area contributed by atoms with Crippen LogP contribution in [-0.2, 0) is 0 Å². The summed E-state index contributed by atoms with van der Waals surface area (Å²) in [6.45, 7) is 3.49. The number of hydrogen-bond donors (Lipinski definition) is 1. The Morgan fingerprint density at radius 3 is 2.75 bits per heavy atom. The van der Waals surface area contributed by atoms with Crippen LogP contribution < -0.4 is 5.32 Å². The Hall–Kier alpha value is -2.92. The second-order valence-corrected chi connectivity index (χ2v) is 9.55. The number of piperidine rings is 1. The van der Waals surface area contributed by atoms with Gasteiger partial charge in [-0.3, -0.25) is 9.78 Å². The Kier molecular flexibility index (Phi) is 5.60. The quantitative estimate of drug-likeness (QED) is 0.554. The van der Waals surface area contributed by atoms with E-state index >= 15 is 0 Å². The molecule has 1 atom stereocenters. The van der Waals surface area contributed by atoms with Gasteiger partial charge >= 0.3 is 0 Å². The number of nitrogens with zero attached hydrogens (tertiary/aromatic N) is 3. The minimum Gasteiger partial charge on any atom is -0.368 e. The zero-order valence-corrected chi connectivity index (χ0v) is 19.0. The van der Waals surface area contributed by atoms with Gasteiger partial charge in [-0.05, 0) is 68.4 Å². The number of amides is 1. The summed E-state index contributed by atoms with van der Waals surface area (Å²) >= 11 is 5.97. The highest BCUT2D eigenvalue weighted by atomic mass is 35.5. The normalized spacial score (nSPS) is 19.1. The second-order valence-electron chi connectivity index (χ2n) is 9.11. The van der Waals surface area contributed by atoms with Crippen molar-refractivity contribution in [2.24, 2.45) is 5.41 Å².